The van der Waals surface area contributed by atoms with Crippen molar-refractivity contribution in [3.8, 4) is 0 Å². The average Bonchev–Trinajstić information content (AvgIpc) is 2.92. The van der Waals surface area contributed by atoms with Crippen molar-refractivity contribution in [1.29, 1.82) is 0 Å². The van der Waals surface area contributed by atoms with Crippen molar-refractivity contribution in [3.05, 3.63) is 29.3 Å². The van der Waals surface area contributed by atoms with Gasteiger partial charge in [-0.1, -0.05) is 12.1 Å². The van der Waals surface area contributed by atoms with E-state index in [0.29, 0.717) is 12.1 Å². The van der Waals surface area contributed by atoms with E-state index in [4.69, 9.17) is 14.4 Å². The zero-order valence-electron chi connectivity index (χ0n) is 14.6. The van der Waals surface area contributed by atoms with Crippen LogP contribution in [0.4, 0.5) is 0 Å². The number of rotatable bonds is 3. The van der Waals surface area contributed by atoms with Crippen LogP contribution in [0.5, 0.6) is 0 Å². The highest BCUT2D eigenvalue weighted by molar-refractivity contribution is 6.62. The van der Waals surface area contributed by atoms with E-state index in [2.05, 4.69) is 0 Å². The zero-order chi connectivity index (χ0) is 17.9. The summed E-state index contributed by atoms with van der Waals surface area (Å²) < 4.78 is 12.0. The number of carboxylic acid groups (broad SMARTS) is 1. The second-order valence-corrected chi connectivity index (χ2v) is 7.45. The third-order valence-electron chi connectivity index (χ3n) is 5.32. The van der Waals surface area contributed by atoms with Crippen molar-refractivity contribution in [2.45, 2.75) is 58.4 Å². The molecule has 3 rings (SSSR count). The van der Waals surface area contributed by atoms with Crippen molar-refractivity contribution < 1.29 is 24.0 Å². The predicted molar refractivity (Wildman–Crippen MR) is 89.1 cm³/mol. The minimum atomic E-state index is -1.01. The van der Waals surface area contributed by atoms with Gasteiger partial charge in [-0.3, -0.25) is 4.79 Å². The van der Waals surface area contributed by atoms with E-state index in [1.807, 2.05) is 39.8 Å². The summed E-state index contributed by atoms with van der Waals surface area (Å²) >= 11 is 0. The van der Waals surface area contributed by atoms with Gasteiger partial charge < -0.3 is 19.3 Å². The molecule has 1 amide bonds. The lowest BCUT2D eigenvalue weighted by atomic mass is 9.78. The van der Waals surface area contributed by atoms with E-state index >= 15 is 0 Å². The Morgan fingerprint density at radius 1 is 1.25 bits per heavy atom. The summed E-state index contributed by atoms with van der Waals surface area (Å²) in [6, 6.07) is 4.63. The summed E-state index contributed by atoms with van der Waals surface area (Å²) in [5, 5.41) is 9.15. The van der Waals surface area contributed by atoms with Gasteiger partial charge in [0.05, 0.1) is 11.2 Å². The maximum Gasteiger partial charge on any atom is 0.494 e. The molecule has 1 unspecified atom stereocenters. The molecule has 1 aromatic carbocycles. The lowest BCUT2D eigenvalue weighted by Crippen LogP contribution is -2.41. The fourth-order valence-electron chi connectivity index (χ4n) is 2.91. The average molecular weight is 331 g/mol. The Morgan fingerprint density at radius 3 is 2.38 bits per heavy atom. The van der Waals surface area contributed by atoms with Gasteiger partial charge in [-0.2, -0.15) is 0 Å². The number of aliphatic carboxylic acids is 1. The van der Waals surface area contributed by atoms with E-state index in [0.717, 1.165) is 11.0 Å². The molecule has 7 heteroatoms. The van der Waals surface area contributed by atoms with Crippen molar-refractivity contribution in [2.24, 2.45) is 0 Å². The molecule has 0 aromatic heterocycles. The summed E-state index contributed by atoms with van der Waals surface area (Å²) in [5.41, 5.74) is 1.21. The van der Waals surface area contributed by atoms with Gasteiger partial charge in [-0.25, -0.2) is 4.79 Å². The third-order valence-corrected chi connectivity index (χ3v) is 5.32. The van der Waals surface area contributed by atoms with E-state index in [1.54, 1.807) is 6.07 Å². The second-order valence-electron chi connectivity index (χ2n) is 7.45. The molecule has 2 aliphatic heterocycles. The first-order valence-corrected chi connectivity index (χ1v) is 8.06. The van der Waals surface area contributed by atoms with E-state index in [-0.39, 0.29) is 5.91 Å². The van der Waals surface area contributed by atoms with E-state index in [9.17, 15) is 9.59 Å². The van der Waals surface area contributed by atoms with E-state index in [1.165, 1.54) is 11.8 Å². The van der Waals surface area contributed by atoms with Crippen LogP contribution in [-0.4, -0.2) is 46.2 Å². The van der Waals surface area contributed by atoms with Crippen LogP contribution in [0.25, 0.3) is 0 Å². The molecular weight excluding hydrogens is 309 g/mol. The topological polar surface area (TPSA) is 76.1 Å². The van der Waals surface area contributed by atoms with Crippen LogP contribution in [0.2, 0.25) is 0 Å². The summed E-state index contributed by atoms with van der Waals surface area (Å²) in [6.07, 6.45) is 0. The third kappa shape index (κ3) is 2.52. The molecule has 2 aliphatic rings. The molecule has 2 heterocycles. The molecular formula is C17H22BNO5. The van der Waals surface area contributed by atoms with Crippen molar-refractivity contribution in [2.75, 3.05) is 0 Å². The highest BCUT2D eigenvalue weighted by Crippen LogP contribution is 2.36. The Hall–Kier alpha value is -1.86. The summed E-state index contributed by atoms with van der Waals surface area (Å²) in [5.74, 6) is -1.28. The smallest absolute Gasteiger partial charge is 0.480 e. The number of nitrogens with zero attached hydrogens (tertiary/aromatic N) is 1. The van der Waals surface area contributed by atoms with Gasteiger partial charge >= 0.3 is 13.1 Å². The molecule has 0 spiro atoms. The summed E-state index contributed by atoms with van der Waals surface area (Å²) in [4.78, 5) is 25.1. The van der Waals surface area contributed by atoms with Gasteiger partial charge in [0.25, 0.3) is 5.91 Å². The monoisotopic (exact) mass is 331 g/mol. The quantitative estimate of drug-likeness (QED) is 0.848. The maximum atomic E-state index is 12.5. The van der Waals surface area contributed by atoms with Crippen molar-refractivity contribution in [1.82, 2.24) is 4.90 Å². The fraction of sp³-hybridized carbons (Fsp3) is 0.529. The number of carbonyl (C=O) groups excluding carboxylic acids is 1. The lowest BCUT2D eigenvalue weighted by molar-refractivity contribution is -0.141. The number of hydrogen-bond acceptors (Lipinski definition) is 4. The van der Waals surface area contributed by atoms with Crippen molar-refractivity contribution >= 4 is 24.5 Å². The van der Waals surface area contributed by atoms with Gasteiger partial charge in [-0.15, -0.1) is 0 Å². The second kappa shape index (κ2) is 5.32. The first-order chi connectivity index (χ1) is 11.0. The Kier molecular flexibility index (Phi) is 3.77. The predicted octanol–water partition coefficient (Wildman–Crippen LogP) is 1.41. The molecule has 0 saturated carbocycles. The molecule has 1 fully saturated rings. The first kappa shape index (κ1) is 17.0. The minimum Gasteiger partial charge on any atom is -0.480 e. The molecule has 0 radical (unpaired) electrons. The molecule has 1 aromatic rings. The molecule has 128 valence electrons. The molecule has 1 N–H and O–H groups in total. The molecule has 1 saturated heterocycles. The van der Waals surface area contributed by atoms with Crippen LogP contribution in [0, 0.1) is 0 Å². The van der Waals surface area contributed by atoms with Crippen LogP contribution in [-0.2, 0) is 20.6 Å². The fourth-order valence-corrected chi connectivity index (χ4v) is 2.91. The maximum absolute atomic E-state index is 12.5. The highest BCUT2D eigenvalue weighted by atomic mass is 16.7. The number of carboxylic acids is 1. The molecule has 0 bridgehead atoms. The number of carbonyl (C=O) groups is 2. The number of amides is 1. The van der Waals surface area contributed by atoms with Crippen LogP contribution in [0.3, 0.4) is 0 Å². The summed E-state index contributed by atoms with van der Waals surface area (Å²) in [7, 11) is -0.543. The number of hydrogen-bond donors (Lipinski definition) is 1. The SMILES string of the molecule is CC(C(=O)O)N1Cc2ccc(B3OC(C)(C)C(C)(C)O3)cc2C1=O. The van der Waals surface area contributed by atoms with Crippen LogP contribution < -0.4 is 5.46 Å². The molecule has 6 nitrogen and oxygen atoms in total. The molecule has 0 aliphatic carbocycles. The first-order valence-electron chi connectivity index (χ1n) is 8.06. The summed E-state index contributed by atoms with van der Waals surface area (Å²) in [6.45, 7) is 9.72. The minimum absolute atomic E-state index is 0.265. The standard InChI is InChI=1S/C17H22BNO5/c1-10(15(21)22)19-9-11-6-7-12(8-13(11)14(19)20)18-23-16(2,3)17(4,5)24-18/h6-8,10H,9H2,1-5H3,(H,21,22). The van der Waals surface area contributed by atoms with Crippen LogP contribution in [0.15, 0.2) is 18.2 Å². The van der Waals surface area contributed by atoms with Crippen LogP contribution in [0.1, 0.15) is 50.5 Å². The normalized spacial score (nSPS) is 22.6. The van der Waals surface area contributed by atoms with Crippen LogP contribution >= 0.6 is 0 Å². The lowest BCUT2D eigenvalue weighted by Gasteiger charge is -2.32. The Bertz CT molecular complexity index is 699. The van der Waals surface area contributed by atoms with Gasteiger partial charge in [0.15, 0.2) is 0 Å². The molecule has 24 heavy (non-hydrogen) atoms. The van der Waals surface area contributed by atoms with Gasteiger partial charge in [0.2, 0.25) is 0 Å². The van der Waals surface area contributed by atoms with Gasteiger partial charge in [0.1, 0.15) is 6.04 Å². The van der Waals surface area contributed by atoms with E-state index < -0.39 is 30.3 Å². The number of benzene rings is 1. The van der Waals surface area contributed by atoms with Crippen molar-refractivity contribution in [3.63, 3.8) is 0 Å². The Balaban J connectivity index is 1.88. The Morgan fingerprint density at radius 2 is 1.83 bits per heavy atom. The zero-order valence-corrected chi connectivity index (χ0v) is 14.6. The van der Waals surface area contributed by atoms with Gasteiger partial charge in [0, 0.05) is 12.1 Å². The van der Waals surface area contributed by atoms with Gasteiger partial charge in [-0.05, 0) is 51.7 Å². The largest absolute Gasteiger partial charge is 0.494 e. The molecule has 1 atom stereocenters. The highest BCUT2D eigenvalue weighted by Gasteiger charge is 2.52. The number of fused-ring (bicyclic) bond motifs is 1. The Labute approximate surface area is 141 Å².